The SMILES string of the molecule is COCCCNC(=O)C(=O)N/N=C\c1ccc(OCc2ccccc2)c(OC)c1. The molecular weight excluding hydrogens is 374 g/mol. The Morgan fingerprint density at radius 3 is 2.55 bits per heavy atom. The van der Waals surface area contributed by atoms with Crippen LogP contribution in [0.15, 0.2) is 53.6 Å². The van der Waals surface area contributed by atoms with Crippen molar-refractivity contribution in [1.82, 2.24) is 10.7 Å². The Morgan fingerprint density at radius 2 is 1.83 bits per heavy atom. The standard InChI is InChI=1S/C21H25N3O5/c1-27-12-6-11-22-20(25)21(26)24-23-14-17-9-10-18(19(13-17)28-2)29-15-16-7-4-3-5-8-16/h3-5,7-10,13-14H,6,11-12,15H2,1-2H3,(H,22,25)(H,24,26)/b23-14-. The quantitative estimate of drug-likeness (QED) is 0.275. The molecule has 2 rings (SSSR count). The van der Waals surface area contributed by atoms with Crippen molar-refractivity contribution in [3.05, 3.63) is 59.7 Å². The summed E-state index contributed by atoms with van der Waals surface area (Å²) in [5.41, 5.74) is 3.91. The number of hydrogen-bond donors (Lipinski definition) is 2. The smallest absolute Gasteiger partial charge is 0.329 e. The van der Waals surface area contributed by atoms with Crippen LogP contribution in [0.3, 0.4) is 0 Å². The fraction of sp³-hybridized carbons (Fsp3) is 0.286. The van der Waals surface area contributed by atoms with Crippen molar-refractivity contribution in [2.45, 2.75) is 13.0 Å². The summed E-state index contributed by atoms with van der Waals surface area (Å²) in [5, 5.41) is 6.28. The van der Waals surface area contributed by atoms with E-state index < -0.39 is 11.8 Å². The summed E-state index contributed by atoms with van der Waals surface area (Å²) < 4.78 is 16.0. The number of carbonyl (C=O) groups is 2. The maximum Gasteiger partial charge on any atom is 0.329 e. The fourth-order valence-corrected chi connectivity index (χ4v) is 2.33. The third-order valence-corrected chi connectivity index (χ3v) is 3.82. The lowest BCUT2D eigenvalue weighted by Crippen LogP contribution is -2.38. The number of ether oxygens (including phenoxy) is 3. The zero-order valence-electron chi connectivity index (χ0n) is 16.5. The third kappa shape index (κ3) is 7.63. The molecule has 8 nitrogen and oxygen atoms in total. The summed E-state index contributed by atoms with van der Waals surface area (Å²) in [5.74, 6) is -0.464. The lowest BCUT2D eigenvalue weighted by Gasteiger charge is -2.11. The van der Waals surface area contributed by atoms with Gasteiger partial charge in [0.2, 0.25) is 0 Å². The molecule has 0 saturated carbocycles. The number of methoxy groups -OCH3 is 2. The number of benzene rings is 2. The van der Waals surface area contributed by atoms with Gasteiger partial charge in [-0.15, -0.1) is 0 Å². The van der Waals surface area contributed by atoms with Gasteiger partial charge >= 0.3 is 11.8 Å². The third-order valence-electron chi connectivity index (χ3n) is 3.82. The fourth-order valence-electron chi connectivity index (χ4n) is 2.33. The monoisotopic (exact) mass is 399 g/mol. The van der Waals surface area contributed by atoms with Gasteiger partial charge in [0, 0.05) is 20.3 Å². The van der Waals surface area contributed by atoms with E-state index in [1.165, 1.54) is 6.21 Å². The summed E-state index contributed by atoms with van der Waals surface area (Å²) in [4.78, 5) is 23.3. The van der Waals surface area contributed by atoms with Crippen LogP contribution < -0.4 is 20.2 Å². The number of rotatable bonds is 10. The van der Waals surface area contributed by atoms with Gasteiger partial charge < -0.3 is 19.5 Å². The van der Waals surface area contributed by atoms with Crippen molar-refractivity contribution in [2.75, 3.05) is 27.4 Å². The van der Waals surface area contributed by atoms with E-state index in [0.717, 1.165) is 5.56 Å². The van der Waals surface area contributed by atoms with Crippen LogP contribution in [-0.4, -0.2) is 45.4 Å². The van der Waals surface area contributed by atoms with E-state index in [-0.39, 0.29) is 0 Å². The second-order valence-corrected chi connectivity index (χ2v) is 5.99. The Balaban J connectivity index is 1.87. The van der Waals surface area contributed by atoms with Crippen LogP contribution in [0.4, 0.5) is 0 Å². The van der Waals surface area contributed by atoms with Crippen molar-refractivity contribution >= 4 is 18.0 Å². The van der Waals surface area contributed by atoms with E-state index in [2.05, 4.69) is 15.8 Å². The molecule has 0 aliphatic carbocycles. The molecule has 0 aromatic heterocycles. The average molecular weight is 399 g/mol. The van der Waals surface area contributed by atoms with Crippen LogP contribution in [0.25, 0.3) is 0 Å². The van der Waals surface area contributed by atoms with Gasteiger partial charge in [-0.2, -0.15) is 5.10 Å². The molecule has 0 saturated heterocycles. The highest BCUT2D eigenvalue weighted by atomic mass is 16.5. The highest BCUT2D eigenvalue weighted by molar-refractivity contribution is 6.35. The molecule has 0 aliphatic rings. The first-order chi connectivity index (χ1) is 14.1. The summed E-state index contributed by atoms with van der Waals surface area (Å²) in [7, 11) is 3.11. The Labute approximate surface area is 169 Å². The Bertz CT molecular complexity index is 824. The van der Waals surface area contributed by atoms with Crippen molar-refractivity contribution in [3.63, 3.8) is 0 Å². The van der Waals surface area contributed by atoms with Crippen LogP contribution in [0, 0.1) is 0 Å². The predicted molar refractivity (Wildman–Crippen MR) is 109 cm³/mol. The van der Waals surface area contributed by atoms with E-state index in [1.54, 1.807) is 32.4 Å². The lowest BCUT2D eigenvalue weighted by atomic mass is 10.2. The maximum atomic E-state index is 11.7. The van der Waals surface area contributed by atoms with E-state index in [9.17, 15) is 9.59 Å². The van der Waals surface area contributed by atoms with Crippen molar-refractivity contribution in [2.24, 2.45) is 5.10 Å². The zero-order valence-corrected chi connectivity index (χ0v) is 16.5. The van der Waals surface area contributed by atoms with E-state index in [1.807, 2.05) is 30.3 Å². The normalized spacial score (nSPS) is 10.6. The number of nitrogens with zero attached hydrogens (tertiary/aromatic N) is 1. The molecule has 0 heterocycles. The molecule has 2 N–H and O–H groups in total. The van der Waals surface area contributed by atoms with Gasteiger partial charge in [-0.1, -0.05) is 30.3 Å². The summed E-state index contributed by atoms with van der Waals surface area (Å²) in [6.45, 7) is 1.28. The number of hydrogen-bond acceptors (Lipinski definition) is 6. The van der Waals surface area contributed by atoms with Crippen LogP contribution in [0.1, 0.15) is 17.5 Å². The van der Waals surface area contributed by atoms with Crippen LogP contribution >= 0.6 is 0 Å². The van der Waals surface area contributed by atoms with Gasteiger partial charge in [-0.25, -0.2) is 5.43 Å². The summed E-state index contributed by atoms with van der Waals surface area (Å²) >= 11 is 0. The molecule has 0 unspecified atom stereocenters. The second kappa shape index (κ2) is 12.1. The first kappa shape index (κ1) is 21.9. The van der Waals surface area contributed by atoms with Crippen LogP contribution in [-0.2, 0) is 20.9 Å². The molecule has 2 aromatic carbocycles. The largest absolute Gasteiger partial charge is 0.493 e. The Kier molecular flexibility index (Phi) is 9.17. The van der Waals surface area contributed by atoms with E-state index in [4.69, 9.17) is 14.2 Å². The Morgan fingerprint density at radius 1 is 1.03 bits per heavy atom. The Hall–Kier alpha value is -3.39. The second-order valence-electron chi connectivity index (χ2n) is 5.99. The van der Waals surface area contributed by atoms with Crippen LogP contribution in [0.2, 0.25) is 0 Å². The van der Waals surface area contributed by atoms with Crippen molar-refractivity contribution in [3.8, 4) is 11.5 Å². The molecule has 0 aliphatic heterocycles. The van der Waals surface area contributed by atoms with Gasteiger partial charge in [-0.3, -0.25) is 9.59 Å². The molecule has 2 amide bonds. The maximum absolute atomic E-state index is 11.7. The van der Waals surface area contributed by atoms with Gasteiger partial charge in [0.05, 0.1) is 13.3 Å². The molecule has 0 fully saturated rings. The number of hydrazone groups is 1. The van der Waals surface area contributed by atoms with Gasteiger partial charge in [-0.05, 0) is 35.7 Å². The molecule has 0 atom stereocenters. The number of amides is 2. The minimum absolute atomic E-state index is 0.353. The minimum atomic E-state index is -0.839. The molecule has 2 aromatic rings. The van der Waals surface area contributed by atoms with E-state index >= 15 is 0 Å². The van der Waals surface area contributed by atoms with E-state index in [0.29, 0.717) is 43.2 Å². The topological polar surface area (TPSA) is 98.2 Å². The molecule has 0 radical (unpaired) electrons. The predicted octanol–water partition coefficient (Wildman–Crippen LogP) is 1.88. The summed E-state index contributed by atoms with van der Waals surface area (Å²) in [6, 6.07) is 15.0. The molecule has 154 valence electrons. The lowest BCUT2D eigenvalue weighted by molar-refractivity contribution is -0.139. The molecule has 8 heteroatoms. The average Bonchev–Trinajstić information content (AvgIpc) is 2.76. The van der Waals surface area contributed by atoms with Crippen molar-refractivity contribution < 1.29 is 23.8 Å². The molecule has 29 heavy (non-hydrogen) atoms. The highest BCUT2D eigenvalue weighted by Gasteiger charge is 2.11. The zero-order chi connectivity index (χ0) is 20.9. The van der Waals surface area contributed by atoms with Gasteiger partial charge in [0.1, 0.15) is 6.61 Å². The number of nitrogens with one attached hydrogen (secondary N) is 2. The molecule has 0 bridgehead atoms. The highest BCUT2D eigenvalue weighted by Crippen LogP contribution is 2.28. The first-order valence-electron chi connectivity index (χ1n) is 9.09. The number of carbonyl (C=O) groups excluding carboxylic acids is 2. The van der Waals surface area contributed by atoms with Gasteiger partial charge in [0.15, 0.2) is 11.5 Å². The van der Waals surface area contributed by atoms with Crippen LogP contribution in [0.5, 0.6) is 11.5 Å². The first-order valence-corrected chi connectivity index (χ1v) is 9.09. The molecule has 0 spiro atoms. The summed E-state index contributed by atoms with van der Waals surface area (Å²) in [6.07, 6.45) is 2.04. The van der Waals surface area contributed by atoms with Crippen molar-refractivity contribution in [1.29, 1.82) is 0 Å². The molecular formula is C21H25N3O5. The minimum Gasteiger partial charge on any atom is -0.493 e. The van der Waals surface area contributed by atoms with Gasteiger partial charge in [0.25, 0.3) is 0 Å².